The summed E-state index contributed by atoms with van der Waals surface area (Å²) in [7, 11) is 0. The van der Waals surface area contributed by atoms with Crippen molar-refractivity contribution in [2.45, 2.75) is 40.2 Å². The van der Waals surface area contributed by atoms with E-state index in [2.05, 4.69) is 4.98 Å². The molecule has 162 valence electrons. The molecular weight excluding hydrogens is 396 g/mol. The summed E-state index contributed by atoms with van der Waals surface area (Å²) in [5, 5.41) is 10.7. The first-order valence-corrected chi connectivity index (χ1v) is 10.1. The fourth-order valence-corrected chi connectivity index (χ4v) is 3.51. The second-order valence-electron chi connectivity index (χ2n) is 8.35. The van der Waals surface area contributed by atoms with Gasteiger partial charge in [-0.3, -0.25) is 24.3 Å². The molecule has 7 heteroatoms. The van der Waals surface area contributed by atoms with Crippen LogP contribution in [0.5, 0.6) is 0 Å². The highest BCUT2D eigenvalue weighted by Crippen LogP contribution is 2.43. The molecule has 0 spiro atoms. The van der Waals surface area contributed by atoms with Gasteiger partial charge in [-0.15, -0.1) is 0 Å². The molecule has 0 bridgehead atoms. The van der Waals surface area contributed by atoms with Crippen LogP contribution in [-0.4, -0.2) is 34.4 Å². The number of benzene rings is 1. The van der Waals surface area contributed by atoms with E-state index in [0.717, 1.165) is 5.56 Å². The molecule has 0 fully saturated rings. The highest BCUT2D eigenvalue weighted by atomic mass is 16.5. The second-order valence-corrected chi connectivity index (χ2v) is 8.35. The zero-order valence-corrected chi connectivity index (χ0v) is 18.1. The topological polar surface area (TPSA) is 96.8 Å². The Morgan fingerprint density at radius 3 is 2.39 bits per heavy atom. The summed E-state index contributed by atoms with van der Waals surface area (Å²) < 4.78 is 4.97. The van der Waals surface area contributed by atoms with Gasteiger partial charge in [-0.25, -0.2) is 0 Å². The summed E-state index contributed by atoms with van der Waals surface area (Å²) in [4.78, 5) is 43.4. The van der Waals surface area contributed by atoms with Gasteiger partial charge in [0.2, 0.25) is 0 Å². The number of hydrogen-bond donors (Lipinski definition) is 1. The first-order valence-electron chi connectivity index (χ1n) is 10.1. The van der Waals surface area contributed by atoms with Crippen LogP contribution in [0, 0.1) is 5.41 Å². The molecule has 1 amide bonds. The molecule has 31 heavy (non-hydrogen) atoms. The van der Waals surface area contributed by atoms with Crippen LogP contribution in [0.25, 0.3) is 0 Å². The third-order valence-electron chi connectivity index (χ3n) is 5.00. The Hall–Kier alpha value is -3.48. The van der Waals surface area contributed by atoms with Gasteiger partial charge in [0.05, 0.1) is 24.6 Å². The Kier molecular flexibility index (Phi) is 6.24. The molecule has 0 saturated heterocycles. The summed E-state index contributed by atoms with van der Waals surface area (Å²) in [6.07, 6.45) is 3.30. The van der Waals surface area contributed by atoms with Gasteiger partial charge in [0.1, 0.15) is 0 Å². The van der Waals surface area contributed by atoms with Crippen molar-refractivity contribution in [2.24, 2.45) is 5.41 Å². The molecule has 1 unspecified atom stereocenters. The lowest BCUT2D eigenvalue weighted by atomic mass is 9.82. The average Bonchev–Trinajstić information content (AvgIpc) is 2.99. The zero-order valence-electron chi connectivity index (χ0n) is 18.1. The van der Waals surface area contributed by atoms with Gasteiger partial charge >= 0.3 is 5.97 Å². The number of aromatic nitrogens is 1. The fourth-order valence-electron chi connectivity index (χ4n) is 3.51. The first-order chi connectivity index (χ1) is 14.6. The van der Waals surface area contributed by atoms with Gasteiger partial charge < -0.3 is 9.84 Å². The van der Waals surface area contributed by atoms with E-state index < -0.39 is 23.1 Å². The highest BCUT2D eigenvalue weighted by Gasteiger charge is 2.46. The number of Topliss-reactive ketones (excluding diaryl/α,β-unsaturated/α-hetero) is 1. The molecule has 1 aromatic heterocycles. The maximum absolute atomic E-state index is 13.2. The number of aliphatic hydroxyl groups excluding tert-OH is 1. The number of ether oxygens (including phenoxy) is 1. The molecule has 0 radical (unpaired) electrons. The standard InChI is InChI=1S/C24H26N2O5/c1-5-31-18(27)13-15-8-10-17(11-9-15)26-20(16-7-6-12-25-14-16)19(21(28)23(26)30)22(29)24(2,3)4/h6-12,14,20,28H,5,13H2,1-4H3. The summed E-state index contributed by atoms with van der Waals surface area (Å²) in [5.74, 6) is -1.85. The second kappa shape index (κ2) is 8.71. The number of pyridine rings is 1. The van der Waals surface area contributed by atoms with E-state index in [9.17, 15) is 19.5 Å². The van der Waals surface area contributed by atoms with Gasteiger partial charge in [-0.2, -0.15) is 0 Å². The van der Waals surface area contributed by atoms with Crippen molar-refractivity contribution in [3.8, 4) is 0 Å². The summed E-state index contributed by atoms with van der Waals surface area (Å²) in [6, 6.07) is 9.50. The van der Waals surface area contributed by atoms with Gasteiger partial charge in [-0.1, -0.05) is 39.0 Å². The van der Waals surface area contributed by atoms with Crippen LogP contribution in [0.15, 0.2) is 60.1 Å². The minimum atomic E-state index is -0.802. The number of nitrogens with zero attached hydrogens (tertiary/aromatic N) is 2. The van der Waals surface area contributed by atoms with Crippen molar-refractivity contribution in [2.75, 3.05) is 11.5 Å². The Morgan fingerprint density at radius 2 is 1.84 bits per heavy atom. The van der Waals surface area contributed by atoms with Crippen LogP contribution in [0.2, 0.25) is 0 Å². The normalized spacial score (nSPS) is 16.6. The fraction of sp³-hybridized carbons (Fsp3) is 0.333. The van der Waals surface area contributed by atoms with Crippen molar-refractivity contribution >= 4 is 23.3 Å². The molecular formula is C24H26N2O5. The molecule has 1 N–H and O–H groups in total. The molecule has 1 aliphatic heterocycles. The molecule has 1 aliphatic rings. The minimum Gasteiger partial charge on any atom is -0.503 e. The molecule has 1 atom stereocenters. The van der Waals surface area contributed by atoms with E-state index >= 15 is 0 Å². The molecule has 3 rings (SSSR count). The van der Waals surface area contributed by atoms with Gasteiger partial charge in [-0.05, 0) is 36.2 Å². The molecule has 0 saturated carbocycles. The van der Waals surface area contributed by atoms with Crippen LogP contribution < -0.4 is 4.90 Å². The number of carbonyl (C=O) groups is 3. The maximum Gasteiger partial charge on any atom is 0.310 e. The Labute approximate surface area is 181 Å². The smallest absolute Gasteiger partial charge is 0.310 e. The van der Waals surface area contributed by atoms with Crippen LogP contribution in [0.4, 0.5) is 5.69 Å². The molecule has 7 nitrogen and oxygen atoms in total. The van der Waals surface area contributed by atoms with Crippen LogP contribution in [-0.2, 0) is 25.5 Å². The first kappa shape index (κ1) is 22.2. The largest absolute Gasteiger partial charge is 0.503 e. The van der Waals surface area contributed by atoms with Crippen molar-refractivity contribution in [3.05, 3.63) is 71.3 Å². The van der Waals surface area contributed by atoms with Gasteiger partial charge in [0.15, 0.2) is 11.5 Å². The number of esters is 1. The van der Waals surface area contributed by atoms with E-state index in [1.165, 1.54) is 4.90 Å². The zero-order chi connectivity index (χ0) is 22.8. The summed E-state index contributed by atoms with van der Waals surface area (Å²) >= 11 is 0. The lowest BCUT2D eigenvalue weighted by molar-refractivity contribution is -0.142. The van der Waals surface area contributed by atoms with Gasteiger partial charge in [0.25, 0.3) is 5.91 Å². The number of ketones is 1. The predicted molar refractivity (Wildman–Crippen MR) is 115 cm³/mol. The van der Waals surface area contributed by atoms with E-state index in [-0.39, 0.29) is 23.7 Å². The van der Waals surface area contributed by atoms with E-state index in [4.69, 9.17) is 4.74 Å². The molecule has 0 aliphatic carbocycles. The van der Waals surface area contributed by atoms with E-state index in [1.54, 1.807) is 76.5 Å². The Bertz CT molecular complexity index is 1020. The minimum absolute atomic E-state index is 0.0566. The SMILES string of the molecule is CCOC(=O)Cc1ccc(N2C(=O)C(O)=C(C(=O)C(C)(C)C)C2c2cccnc2)cc1. The van der Waals surface area contributed by atoms with Crippen molar-refractivity contribution in [1.29, 1.82) is 0 Å². The van der Waals surface area contributed by atoms with Crippen LogP contribution >= 0.6 is 0 Å². The molecule has 2 heterocycles. The summed E-state index contributed by atoms with van der Waals surface area (Å²) in [6.45, 7) is 7.28. The molecule has 1 aromatic carbocycles. The van der Waals surface area contributed by atoms with Gasteiger partial charge in [0, 0.05) is 23.5 Å². The van der Waals surface area contributed by atoms with Crippen molar-refractivity contribution in [1.82, 2.24) is 4.98 Å². The lowest BCUT2D eigenvalue weighted by Crippen LogP contribution is -2.32. The quantitative estimate of drug-likeness (QED) is 0.713. The Morgan fingerprint density at radius 1 is 1.16 bits per heavy atom. The number of hydrogen-bond acceptors (Lipinski definition) is 6. The number of aliphatic hydroxyl groups is 1. The van der Waals surface area contributed by atoms with Crippen molar-refractivity contribution < 1.29 is 24.2 Å². The highest BCUT2D eigenvalue weighted by molar-refractivity contribution is 6.17. The van der Waals surface area contributed by atoms with Crippen LogP contribution in [0.1, 0.15) is 44.9 Å². The maximum atomic E-state index is 13.2. The predicted octanol–water partition coefficient (Wildman–Crippen LogP) is 3.70. The number of amides is 1. The van der Waals surface area contributed by atoms with E-state index in [0.29, 0.717) is 17.9 Å². The number of carbonyl (C=O) groups excluding carboxylic acids is 3. The Balaban J connectivity index is 2.02. The van der Waals surface area contributed by atoms with Crippen LogP contribution in [0.3, 0.4) is 0 Å². The lowest BCUT2D eigenvalue weighted by Gasteiger charge is -2.28. The molecule has 2 aromatic rings. The monoisotopic (exact) mass is 422 g/mol. The van der Waals surface area contributed by atoms with Crippen molar-refractivity contribution in [3.63, 3.8) is 0 Å². The third-order valence-corrected chi connectivity index (χ3v) is 5.00. The summed E-state index contributed by atoms with van der Waals surface area (Å²) in [5.41, 5.74) is 1.11. The third kappa shape index (κ3) is 4.50. The number of anilines is 1. The number of rotatable bonds is 6. The average molecular weight is 422 g/mol. The van der Waals surface area contributed by atoms with E-state index in [1.807, 2.05) is 0 Å².